The predicted molar refractivity (Wildman–Crippen MR) is 66.6 cm³/mol. The maximum Gasteiger partial charge on any atom is 0.317 e. The topological polar surface area (TPSA) is 95.9 Å². The number of likely N-dealkylation sites (tertiary alicyclic amines) is 1. The highest BCUT2D eigenvalue weighted by molar-refractivity contribution is 5.77. The fourth-order valence-corrected chi connectivity index (χ4v) is 2.07. The largest absolute Gasteiger partial charge is 0.481 e. The van der Waals surface area contributed by atoms with Gasteiger partial charge in [-0.3, -0.25) is 9.59 Å². The number of methoxy groups -OCH3 is 1. The zero-order valence-electron chi connectivity index (χ0n) is 11.1. The van der Waals surface area contributed by atoms with Gasteiger partial charge in [-0.25, -0.2) is 4.79 Å². The molecule has 0 aromatic heterocycles. The summed E-state index contributed by atoms with van der Waals surface area (Å²) in [6, 6.07) is -0.251. The fourth-order valence-electron chi connectivity index (χ4n) is 2.07. The van der Waals surface area contributed by atoms with Crippen LogP contribution < -0.4 is 5.32 Å². The molecule has 1 saturated heterocycles. The van der Waals surface area contributed by atoms with Gasteiger partial charge in [-0.2, -0.15) is 0 Å². The molecule has 2 N–H and O–H groups in total. The molecule has 1 atom stereocenters. The molecular formula is C12H20N2O5. The van der Waals surface area contributed by atoms with Crippen LogP contribution in [0.15, 0.2) is 0 Å². The number of carboxylic acid groups (broad SMARTS) is 1. The van der Waals surface area contributed by atoms with E-state index in [9.17, 15) is 14.4 Å². The SMILES string of the molecule is COC(=O)[C@H]1CCCN(C(=O)NCCCC(=O)O)C1. The third kappa shape index (κ3) is 5.15. The summed E-state index contributed by atoms with van der Waals surface area (Å²) in [6.07, 6.45) is 1.93. The van der Waals surface area contributed by atoms with E-state index in [1.807, 2.05) is 0 Å². The number of carbonyl (C=O) groups excluding carboxylic acids is 2. The maximum absolute atomic E-state index is 11.8. The lowest BCUT2D eigenvalue weighted by Gasteiger charge is -2.31. The molecule has 1 heterocycles. The number of hydrogen-bond acceptors (Lipinski definition) is 4. The highest BCUT2D eigenvalue weighted by Crippen LogP contribution is 2.17. The molecule has 0 aliphatic carbocycles. The molecule has 2 amide bonds. The third-order valence-corrected chi connectivity index (χ3v) is 3.09. The number of aliphatic carboxylic acids is 1. The Bertz CT molecular complexity index is 345. The smallest absolute Gasteiger partial charge is 0.317 e. The van der Waals surface area contributed by atoms with Gasteiger partial charge >= 0.3 is 18.0 Å². The van der Waals surface area contributed by atoms with Crippen LogP contribution in [0.3, 0.4) is 0 Å². The highest BCUT2D eigenvalue weighted by Gasteiger charge is 2.28. The van der Waals surface area contributed by atoms with Gasteiger partial charge in [-0.05, 0) is 19.3 Å². The van der Waals surface area contributed by atoms with Crippen LogP contribution in [-0.2, 0) is 14.3 Å². The van der Waals surface area contributed by atoms with E-state index in [-0.39, 0.29) is 24.3 Å². The number of carboxylic acids is 1. The van der Waals surface area contributed by atoms with Gasteiger partial charge in [0.05, 0.1) is 13.0 Å². The summed E-state index contributed by atoms with van der Waals surface area (Å²) in [5.41, 5.74) is 0. The molecule has 0 spiro atoms. The molecule has 1 fully saturated rings. The molecule has 1 rings (SSSR count). The Balaban J connectivity index is 2.31. The minimum absolute atomic E-state index is 0.0328. The first-order chi connectivity index (χ1) is 9.04. The predicted octanol–water partition coefficient (Wildman–Crippen LogP) is 0.446. The van der Waals surface area contributed by atoms with E-state index in [0.717, 1.165) is 12.8 Å². The highest BCUT2D eigenvalue weighted by atomic mass is 16.5. The summed E-state index contributed by atoms with van der Waals surface area (Å²) in [7, 11) is 1.34. The van der Waals surface area contributed by atoms with Gasteiger partial charge in [-0.1, -0.05) is 0 Å². The third-order valence-electron chi connectivity index (χ3n) is 3.09. The van der Waals surface area contributed by atoms with Crippen molar-refractivity contribution in [1.29, 1.82) is 0 Å². The number of esters is 1. The lowest BCUT2D eigenvalue weighted by molar-refractivity contribution is -0.146. The van der Waals surface area contributed by atoms with Crippen molar-refractivity contribution in [3.8, 4) is 0 Å². The Morgan fingerprint density at radius 3 is 2.79 bits per heavy atom. The van der Waals surface area contributed by atoms with Gasteiger partial charge < -0.3 is 20.1 Å². The van der Waals surface area contributed by atoms with Crippen LogP contribution in [0.2, 0.25) is 0 Å². The standard InChI is InChI=1S/C12H20N2O5/c1-19-11(17)9-4-3-7-14(8-9)12(18)13-6-2-5-10(15)16/h9H,2-8H2,1H3,(H,13,18)(H,15,16)/t9-/m0/s1. The Labute approximate surface area is 111 Å². The Morgan fingerprint density at radius 1 is 1.42 bits per heavy atom. The summed E-state index contributed by atoms with van der Waals surface area (Å²) >= 11 is 0. The number of hydrogen-bond donors (Lipinski definition) is 2. The zero-order valence-corrected chi connectivity index (χ0v) is 11.1. The second-order valence-corrected chi connectivity index (χ2v) is 4.54. The van der Waals surface area contributed by atoms with Gasteiger partial charge in [0, 0.05) is 26.1 Å². The van der Waals surface area contributed by atoms with Crippen LogP contribution in [0.4, 0.5) is 4.79 Å². The maximum atomic E-state index is 11.8. The van der Waals surface area contributed by atoms with Crippen LogP contribution >= 0.6 is 0 Å². The molecule has 7 nitrogen and oxygen atoms in total. The quantitative estimate of drug-likeness (QED) is 0.559. The average Bonchev–Trinajstić information content (AvgIpc) is 2.42. The monoisotopic (exact) mass is 272 g/mol. The molecule has 0 radical (unpaired) electrons. The van der Waals surface area contributed by atoms with E-state index < -0.39 is 5.97 Å². The molecule has 0 saturated carbocycles. The number of ether oxygens (including phenoxy) is 1. The number of nitrogens with one attached hydrogen (secondary N) is 1. The van der Waals surface area contributed by atoms with Crippen LogP contribution in [-0.4, -0.2) is 54.7 Å². The second-order valence-electron chi connectivity index (χ2n) is 4.54. The van der Waals surface area contributed by atoms with E-state index >= 15 is 0 Å². The fraction of sp³-hybridized carbons (Fsp3) is 0.750. The number of carbonyl (C=O) groups is 3. The number of amides is 2. The molecule has 1 aliphatic rings. The number of piperidine rings is 1. The van der Waals surface area contributed by atoms with Crippen molar-refractivity contribution >= 4 is 18.0 Å². The van der Waals surface area contributed by atoms with Crippen molar-refractivity contribution in [2.24, 2.45) is 5.92 Å². The van der Waals surface area contributed by atoms with Crippen molar-refractivity contribution in [1.82, 2.24) is 10.2 Å². The van der Waals surface area contributed by atoms with E-state index in [4.69, 9.17) is 5.11 Å². The van der Waals surface area contributed by atoms with Crippen LogP contribution in [0.5, 0.6) is 0 Å². The Kier molecular flexibility index (Phi) is 6.11. The summed E-state index contributed by atoms with van der Waals surface area (Å²) in [6.45, 7) is 1.29. The molecule has 0 unspecified atom stereocenters. The van der Waals surface area contributed by atoms with Crippen LogP contribution in [0.25, 0.3) is 0 Å². The normalized spacial score (nSPS) is 18.8. The van der Waals surface area contributed by atoms with Crippen molar-refractivity contribution in [2.45, 2.75) is 25.7 Å². The molecule has 1 aliphatic heterocycles. The van der Waals surface area contributed by atoms with Gasteiger partial charge in [0.25, 0.3) is 0 Å². The first kappa shape index (κ1) is 15.3. The van der Waals surface area contributed by atoms with Crippen LogP contribution in [0.1, 0.15) is 25.7 Å². The lowest BCUT2D eigenvalue weighted by atomic mass is 9.98. The number of nitrogens with zero attached hydrogens (tertiary/aromatic N) is 1. The lowest BCUT2D eigenvalue weighted by Crippen LogP contribution is -2.47. The van der Waals surface area contributed by atoms with Gasteiger partial charge in [-0.15, -0.1) is 0 Å². The zero-order chi connectivity index (χ0) is 14.3. The first-order valence-electron chi connectivity index (χ1n) is 6.37. The number of urea groups is 1. The van der Waals surface area contributed by atoms with E-state index in [1.54, 1.807) is 4.90 Å². The minimum atomic E-state index is -0.877. The number of rotatable bonds is 5. The summed E-state index contributed by atoms with van der Waals surface area (Å²) < 4.78 is 4.68. The van der Waals surface area contributed by atoms with Gasteiger partial charge in [0.2, 0.25) is 0 Å². The summed E-state index contributed by atoms with van der Waals surface area (Å²) in [5, 5.41) is 11.1. The second kappa shape index (κ2) is 7.60. The van der Waals surface area contributed by atoms with E-state index in [0.29, 0.717) is 26.1 Å². The molecule has 0 aromatic rings. The van der Waals surface area contributed by atoms with Gasteiger partial charge in [0.15, 0.2) is 0 Å². The van der Waals surface area contributed by atoms with Crippen LogP contribution in [0, 0.1) is 5.92 Å². The van der Waals surface area contributed by atoms with Crippen molar-refractivity contribution in [3.05, 3.63) is 0 Å². The molecule has 0 aromatic carbocycles. The van der Waals surface area contributed by atoms with E-state index in [2.05, 4.69) is 10.1 Å². The van der Waals surface area contributed by atoms with Crippen molar-refractivity contribution in [3.63, 3.8) is 0 Å². The summed E-state index contributed by atoms with van der Waals surface area (Å²) in [4.78, 5) is 35.1. The van der Waals surface area contributed by atoms with Crippen molar-refractivity contribution < 1.29 is 24.2 Å². The molecule has 19 heavy (non-hydrogen) atoms. The molecule has 0 bridgehead atoms. The first-order valence-corrected chi connectivity index (χ1v) is 6.37. The Morgan fingerprint density at radius 2 is 2.16 bits per heavy atom. The molecular weight excluding hydrogens is 252 g/mol. The summed E-state index contributed by atoms with van der Waals surface area (Å²) in [5.74, 6) is -1.43. The molecule has 7 heteroatoms. The van der Waals surface area contributed by atoms with Crippen molar-refractivity contribution in [2.75, 3.05) is 26.7 Å². The average molecular weight is 272 g/mol. The minimum Gasteiger partial charge on any atom is -0.481 e. The van der Waals surface area contributed by atoms with Gasteiger partial charge in [0.1, 0.15) is 0 Å². The molecule has 108 valence electrons. The van der Waals surface area contributed by atoms with E-state index in [1.165, 1.54) is 7.11 Å². The Hall–Kier alpha value is -1.79.